The molecule has 1 saturated heterocycles. The highest BCUT2D eigenvalue weighted by Crippen LogP contribution is 2.41. The largest absolute Gasteiger partial charge is 0.496 e. The second-order valence-electron chi connectivity index (χ2n) is 7.75. The van der Waals surface area contributed by atoms with Crippen LogP contribution in [0.5, 0.6) is 23.0 Å². The van der Waals surface area contributed by atoms with Gasteiger partial charge in [0.05, 0.1) is 32.4 Å². The van der Waals surface area contributed by atoms with Gasteiger partial charge < -0.3 is 33.7 Å². The number of piperazine rings is 1. The maximum atomic E-state index is 13.2. The smallest absolute Gasteiger partial charge is 0.387 e. The summed E-state index contributed by atoms with van der Waals surface area (Å²) in [4.78, 5) is 32.4. The Balaban J connectivity index is 1.51. The molecule has 0 atom stereocenters. The molecule has 0 radical (unpaired) electrons. The Morgan fingerprint density at radius 1 is 0.857 bits per heavy atom. The van der Waals surface area contributed by atoms with Crippen LogP contribution in [0.2, 0.25) is 0 Å². The molecule has 0 spiro atoms. The average molecular weight is 489 g/mol. The second kappa shape index (κ2) is 10.1. The van der Waals surface area contributed by atoms with Crippen LogP contribution in [0.4, 0.5) is 8.78 Å². The lowest BCUT2D eigenvalue weighted by Gasteiger charge is -2.34. The Kier molecular flexibility index (Phi) is 6.94. The molecular formula is C24H25F2N3O6. The average Bonchev–Trinajstić information content (AvgIpc) is 3.32. The standard InChI is InChI=1S/C24H25F2N3O6/c1-32-18-13-19(33-2)21(34-3)20-15(18)12-16(27-20)23(31)29-10-8-28(9-11-29)22(30)14-6-4-5-7-17(14)35-24(25)26/h4-7,12-13,24,27H,8-11H2,1-3H3. The lowest BCUT2D eigenvalue weighted by molar-refractivity contribution is -0.0503. The first-order valence-electron chi connectivity index (χ1n) is 10.8. The molecule has 0 unspecified atom stereocenters. The Labute approximate surface area is 200 Å². The van der Waals surface area contributed by atoms with E-state index >= 15 is 0 Å². The van der Waals surface area contributed by atoms with Crippen LogP contribution in [0, 0.1) is 0 Å². The molecule has 1 N–H and O–H groups in total. The van der Waals surface area contributed by atoms with E-state index in [2.05, 4.69) is 9.72 Å². The molecule has 2 heterocycles. The molecule has 1 aliphatic heterocycles. The number of carbonyl (C=O) groups is 2. The molecular weight excluding hydrogens is 464 g/mol. The summed E-state index contributed by atoms with van der Waals surface area (Å²) in [7, 11) is 4.54. The number of rotatable bonds is 7. The summed E-state index contributed by atoms with van der Waals surface area (Å²) in [6.45, 7) is -2.00. The van der Waals surface area contributed by atoms with Gasteiger partial charge in [0.25, 0.3) is 11.8 Å². The molecule has 0 bridgehead atoms. The van der Waals surface area contributed by atoms with Crippen molar-refractivity contribution >= 4 is 22.7 Å². The van der Waals surface area contributed by atoms with Crippen LogP contribution in [0.25, 0.3) is 10.9 Å². The van der Waals surface area contributed by atoms with Gasteiger partial charge in [-0.3, -0.25) is 9.59 Å². The number of alkyl halides is 2. The van der Waals surface area contributed by atoms with Crippen molar-refractivity contribution in [3.8, 4) is 23.0 Å². The molecule has 0 aliphatic carbocycles. The third-order valence-corrected chi connectivity index (χ3v) is 5.86. The van der Waals surface area contributed by atoms with E-state index in [-0.39, 0.29) is 43.4 Å². The van der Waals surface area contributed by atoms with Gasteiger partial charge >= 0.3 is 6.61 Å². The van der Waals surface area contributed by atoms with E-state index < -0.39 is 12.5 Å². The predicted molar refractivity (Wildman–Crippen MR) is 123 cm³/mol. The van der Waals surface area contributed by atoms with Gasteiger partial charge in [-0.1, -0.05) is 12.1 Å². The van der Waals surface area contributed by atoms with Crippen molar-refractivity contribution in [2.75, 3.05) is 47.5 Å². The lowest BCUT2D eigenvalue weighted by Crippen LogP contribution is -2.50. The number of aromatic amines is 1. The van der Waals surface area contributed by atoms with E-state index in [0.717, 1.165) is 0 Å². The molecule has 3 aromatic rings. The first-order valence-corrected chi connectivity index (χ1v) is 10.8. The Hall–Kier alpha value is -4.02. The van der Waals surface area contributed by atoms with Gasteiger partial charge in [-0.05, 0) is 18.2 Å². The number of ether oxygens (including phenoxy) is 4. The second-order valence-corrected chi connectivity index (χ2v) is 7.75. The number of hydrogen-bond acceptors (Lipinski definition) is 6. The summed E-state index contributed by atoms with van der Waals surface area (Å²) in [5.74, 6) is 0.567. The molecule has 35 heavy (non-hydrogen) atoms. The van der Waals surface area contributed by atoms with Crippen molar-refractivity contribution in [2.45, 2.75) is 6.61 Å². The summed E-state index contributed by atoms with van der Waals surface area (Å²) in [5.41, 5.74) is 0.952. The number of amides is 2. The van der Waals surface area contributed by atoms with E-state index in [0.29, 0.717) is 33.8 Å². The minimum atomic E-state index is -3.04. The number of benzene rings is 2. The number of para-hydroxylation sites is 1. The molecule has 1 fully saturated rings. The molecule has 11 heteroatoms. The zero-order chi connectivity index (χ0) is 25.1. The third-order valence-electron chi connectivity index (χ3n) is 5.86. The zero-order valence-corrected chi connectivity index (χ0v) is 19.5. The third kappa shape index (κ3) is 4.66. The van der Waals surface area contributed by atoms with Gasteiger partial charge in [0.1, 0.15) is 17.2 Å². The Morgan fingerprint density at radius 2 is 1.49 bits per heavy atom. The Bertz CT molecular complexity index is 1240. The highest BCUT2D eigenvalue weighted by molar-refractivity contribution is 6.02. The van der Waals surface area contributed by atoms with E-state index in [9.17, 15) is 18.4 Å². The first kappa shape index (κ1) is 24.1. The van der Waals surface area contributed by atoms with Crippen LogP contribution in [0.3, 0.4) is 0 Å². The maximum absolute atomic E-state index is 13.2. The summed E-state index contributed by atoms with van der Waals surface area (Å²) in [6.07, 6.45) is 0. The quantitative estimate of drug-likeness (QED) is 0.547. The van der Waals surface area contributed by atoms with Gasteiger partial charge in [0.2, 0.25) is 0 Å². The number of fused-ring (bicyclic) bond motifs is 1. The number of nitrogens with one attached hydrogen (secondary N) is 1. The number of carbonyl (C=O) groups excluding carboxylic acids is 2. The van der Waals surface area contributed by atoms with Crippen LogP contribution in [0.1, 0.15) is 20.8 Å². The number of H-pyrrole nitrogens is 1. The van der Waals surface area contributed by atoms with Gasteiger partial charge in [-0.25, -0.2) is 0 Å². The summed E-state index contributed by atoms with van der Waals surface area (Å²) in [5, 5.41) is 0.665. The van der Waals surface area contributed by atoms with Gasteiger partial charge in [0.15, 0.2) is 11.5 Å². The fourth-order valence-corrected chi connectivity index (χ4v) is 4.15. The van der Waals surface area contributed by atoms with E-state index in [1.165, 1.54) is 44.4 Å². The molecule has 2 aromatic carbocycles. The lowest BCUT2D eigenvalue weighted by atomic mass is 10.1. The topological polar surface area (TPSA) is 93.3 Å². The predicted octanol–water partition coefficient (Wildman–Crippen LogP) is 3.39. The van der Waals surface area contributed by atoms with Crippen LogP contribution in [0.15, 0.2) is 36.4 Å². The van der Waals surface area contributed by atoms with Crippen LogP contribution < -0.4 is 18.9 Å². The minimum Gasteiger partial charge on any atom is -0.496 e. The molecule has 9 nitrogen and oxygen atoms in total. The van der Waals surface area contributed by atoms with E-state index in [1.807, 2.05) is 0 Å². The van der Waals surface area contributed by atoms with Crippen LogP contribution in [-0.2, 0) is 0 Å². The van der Waals surface area contributed by atoms with E-state index in [4.69, 9.17) is 14.2 Å². The number of hydrogen-bond donors (Lipinski definition) is 1. The summed E-state index contributed by atoms with van der Waals surface area (Å²) < 4.78 is 46.2. The molecule has 1 aliphatic rings. The van der Waals surface area contributed by atoms with Crippen molar-refractivity contribution in [1.29, 1.82) is 0 Å². The molecule has 4 rings (SSSR count). The molecule has 1 aromatic heterocycles. The summed E-state index contributed by atoms with van der Waals surface area (Å²) in [6, 6.07) is 9.24. The van der Waals surface area contributed by atoms with Crippen molar-refractivity contribution in [3.05, 3.63) is 47.7 Å². The molecule has 0 saturated carbocycles. The maximum Gasteiger partial charge on any atom is 0.387 e. The molecule has 186 valence electrons. The highest BCUT2D eigenvalue weighted by atomic mass is 19.3. The van der Waals surface area contributed by atoms with Gasteiger partial charge in [-0.15, -0.1) is 0 Å². The normalized spacial score (nSPS) is 13.8. The minimum absolute atomic E-state index is 0.0522. The monoisotopic (exact) mass is 489 g/mol. The SMILES string of the molecule is COc1cc(OC)c2cc(C(=O)N3CCN(C(=O)c4ccccc4OC(F)F)CC3)[nH]c2c1OC. The molecule has 2 amide bonds. The Morgan fingerprint density at radius 3 is 2.09 bits per heavy atom. The first-order chi connectivity index (χ1) is 16.9. The fourth-order valence-electron chi connectivity index (χ4n) is 4.15. The van der Waals surface area contributed by atoms with Crippen LogP contribution >= 0.6 is 0 Å². The zero-order valence-electron chi connectivity index (χ0n) is 19.5. The van der Waals surface area contributed by atoms with Gasteiger partial charge in [0, 0.05) is 37.6 Å². The number of aromatic nitrogens is 1. The van der Waals surface area contributed by atoms with Crippen molar-refractivity contribution in [1.82, 2.24) is 14.8 Å². The van der Waals surface area contributed by atoms with Crippen molar-refractivity contribution in [3.63, 3.8) is 0 Å². The number of halogens is 2. The fraction of sp³-hybridized carbons (Fsp3) is 0.333. The van der Waals surface area contributed by atoms with Gasteiger partial charge in [-0.2, -0.15) is 8.78 Å². The highest BCUT2D eigenvalue weighted by Gasteiger charge is 2.29. The number of nitrogens with zero attached hydrogens (tertiary/aromatic N) is 2. The van der Waals surface area contributed by atoms with E-state index in [1.54, 1.807) is 23.1 Å². The number of methoxy groups -OCH3 is 3. The summed E-state index contributed by atoms with van der Waals surface area (Å²) >= 11 is 0. The van der Waals surface area contributed by atoms with Crippen molar-refractivity contribution < 1.29 is 37.3 Å². The van der Waals surface area contributed by atoms with Crippen LogP contribution in [-0.4, -0.2) is 80.7 Å². The van der Waals surface area contributed by atoms with Crippen molar-refractivity contribution in [2.24, 2.45) is 0 Å².